The first-order valence-electron chi connectivity index (χ1n) is 12.5. The van der Waals surface area contributed by atoms with Crippen molar-refractivity contribution in [2.75, 3.05) is 18.9 Å². The van der Waals surface area contributed by atoms with Crippen LogP contribution < -0.4 is 11.3 Å². The summed E-state index contributed by atoms with van der Waals surface area (Å²) in [6.07, 6.45) is 16.2. The minimum absolute atomic E-state index is 0.0196. The van der Waals surface area contributed by atoms with E-state index in [4.69, 9.17) is 10.5 Å². The summed E-state index contributed by atoms with van der Waals surface area (Å²) in [5.41, 5.74) is 5.81. The maximum Gasteiger partial charge on any atom is 0.305 e. The van der Waals surface area contributed by atoms with Crippen LogP contribution in [0, 0.1) is 5.92 Å². The Morgan fingerprint density at radius 3 is 2.39 bits per heavy atom. The molecule has 0 saturated carbocycles. The second-order valence-corrected chi connectivity index (χ2v) is 8.86. The van der Waals surface area contributed by atoms with E-state index in [1.165, 1.54) is 64.1 Å². The zero-order valence-electron chi connectivity index (χ0n) is 20.1. The van der Waals surface area contributed by atoms with Gasteiger partial charge in [0.05, 0.1) is 12.9 Å². The van der Waals surface area contributed by atoms with Crippen molar-refractivity contribution in [1.29, 1.82) is 0 Å². The van der Waals surface area contributed by atoms with Crippen molar-refractivity contribution in [3.8, 4) is 0 Å². The van der Waals surface area contributed by atoms with Gasteiger partial charge in [-0.3, -0.25) is 14.6 Å². The number of aromatic nitrogens is 4. The van der Waals surface area contributed by atoms with Gasteiger partial charge in [0.25, 0.3) is 5.56 Å². The number of aliphatic hydroxyl groups excluding tert-OH is 1. The Hall–Kier alpha value is -2.42. The van der Waals surface area contributed by atoms with Crippen LogP contribution in [-0.4, -0.2) is 43.8 Å². The van der Waals surface area contributed by atoms with Crippen LogP contribution in [0.3, 0.4) is 0 Å². The summed E-state index contributed by atoms with van der Waals surface area (Å²) in [5.74, 6) is -0.317. The third-order valence-corrected chi connectivity index (χ3v) is 5.98. The molecule has 0 aliphatic heterocycles. The molecule has 0 saturated heterocycles. The van der Waals surface area contributed by atoms with E-state index in [-0.39, 0.29) is 36.6 Å². The summed E-state index contributed by atoms with van der Waals surface area (Å²) < 4.78 is 7.03. The van der Waals surface area contributed by atoms with Crippen molar-refractivity contribution < 1.29 is 14.6 Å². The van der Waals surface area contributed by atoms with Crippen LogP contribution in [-0.2, 0) is 16.1 Å². The zero-order chi connectivity index (χ0) is 23.9. The number of rotatable bonds is 18. The lowest BCUT2D eigenvalue weighted by atomic mass is 10.1. The van der Waals surface area contributed by atoms with Gasteiger partial charge in [0.2, 0.25) is 5.95 Å². The lowest BCUT2D eigenvalue weighted by Gasteiger charge is -2.15. The van der Waals surface area contributed by atoms with E-state index in [1.54, 1.807) is 4.57 Å². The maximum atomic E-state index is 12.0. The number of esters is 1. The number of nitrogens with one attached hydrogen (secondary N) is 1. The number of fused-ring (bicyclic) bond motifs is 1. The molecule has 2 heterocycles. The summed E-state index contributed by atoms with van der Waals surface area (Å²) in [5, 5.41) is 9.70. The third-order valence-electron chi connectivity index (χ3n) is 5.98. The van der Waals surface area contributed by atoms with Crippen LogP contribution in [0.2, 0.25) is 0 Å². The van der Waals surface area contributed by atoms with E-state index in [1.807, 2.05) is 0 Å². The smallest absolute Gasteiger partial charge is 0.305 e. The molecule has 9 heteroatoms. The van der Waals surface area contributed by atoms with E-state index in [0.717, 1.165) is 12.8 Å². The Morgan fingerprint density at radius 1 is 1.12 bits per heavy atom. The minimum Gasteiger partial charge on any atom is -0.466 e. The van der Waals surface area contributed by atoms with Crippen LogP contribution in [0.5, 0.6) is 0 Å². The highest BCUT2D eigenvalue weighted by atomic mass is 16.5. The second kappa shape index (κ2) is 15.4. The molecular weight excluding hydrogens is 422 g/mol. The maximum absolute atomic E-state index is 12.0. The predicted octanol–water partition coefficient (Wildman–Crippen LogP) is 3.94. The van der Waals surface area contributed by atoms with Gasteiger partial charge in [0.15, 0.2) is 11.2 Å². The molecule has 0 spiro atoms. The Bertz CT molecular complexity index is 879. The fourth-order valence-electron chi connectivity index (χ4n) is 3.97. The number of hydrogen-bond donors (Lipinski definition) is 3. The number of H-pyrrole nitrogens is 1. The highest BCUT2D eigenvalue weighted by molar-refractivity contribution is 5.70. The predicted molar refractivity (Wildman–Crippen MR) is 130 cm³/mol. The Kier molecular flexibility index (Phi) is 12.5. The highest BCUT2D eigenvalue weighted by Gasteiger charge is 2.15. The number of imidazole rings is 1. The first-order valence-corrected chi connectivity index (χ1v) is 12.5. The van der Waals surface area contributed by atoms with Gasteiger partial charge in [-0.05, 0) is 12.8 Å². The van der Waals surface area contributed by atoms with Crippen LogP contribution in [0.4, 0.5) is 5.95 Å². The highest BCUT2D eigenvalue weighted by Crippen LogP contribution is 2.14. The average Bonchev–Trinajstić information content (AvgIpc) is 3.19. The van der Waals surface area contributed by atoms with Gasteiger partial charge in [-0.15, -0.1) is 0 Å². The molecule has 0 aliphatic carbocycles. The molecule has 0 fully saturated rings. The third kappa shape index (κ3) is 9.94. The normalized spacial score (nSPS) is 12.3. The van der Waals surface area contributed by atoms with Gasteiger partial charge in [-0.1, -0.05) is 71.1 Å². The number of nitrogens with zero attached hydrogens (tertiary/aromatic N) is 3. The van der Waals surface area contributed by atoms with Gasteiger partial charge < -0.3 is 20.1 Å². The summed E-state index contributed by atoms with van der Waals surface area (Å²) in [7, 11) is 0. The van der Waals surface area contributed by atoms with Gasteiger partial charge in [-0.2, -0.15) is 4.98 Å². The van der Waals surface area contributed by atoms with Gasteiger partial charge in [0, 0.05) is 25.5 Å². The Balaban J connectivity index is 1.56. The number of unbranched alkanes of at least 4 members (excludes halogenated alkanes) is 10. The largest absolute Gasteiger partial charge is 0.466 e. The Labute approximate surface area is 196 Å². The van der Waals surface area contributed by atoms with Crippen molar-refractivity contribution in [3.63, 3.8) is 0 Å². The first-order chi connectivity index (χ1) is 16.0. The molecule has 0 amide bonds. The zero-order valence-corrected chi connectivity index (χ0v) is 20.1. The first kappa shape index (κ1) is 26.8. The van der Waals surface area contributed by atoms with Crippen LogP contribution in [0.1, 0.15) is 90.4 Å². The number of ether oxygens (including phenoxy) is 1. The fraction of sp³-hybridized carbons (Fsp3) is 0.750. The number of aliphatic hydroxyl groups is 1. The van der Waals surface area contributed by atoms with Crippen LogP contribution in [0.15, 0.2) is 11.1 Å². The molecule has 0 aromatic carbocycles. The number of carbonyl (C=O) groups excluding carboxylic acids is 1. The van der Waals surface area contributed by atoms with Crippen molar-refractivity contribution in [3.05, 3.63) is 16.7 Å². The summed E-state index contributed by atoms with van der Waals surface area (Å²) in [6.45, 7) is 2.82. The van der Waals surface area contributed by atoms with Crippen molar-refractivity contribution >= 4 is 23.1 Å². The molecule has 4 N–H and O–H groups in total. The van der Waals surface area contributed by atoms with Crippen molar-refractivity contribution in [1.82, 2.24) is 19.5 Å². The standard InChI is InChI=1S/C24H41N5O4/c1-2-3-4-5-6-7-8-9-10-11-12-13-20(31)33-15-14-19(17-30)16-29-18-26-21-22(29)27-24(25)28-23(21)32/h18-19,30H,2-17H2,1H3,(H3,25,27,28,32). The number of nitrogens with two attached hydrogens (primary N) is 1. The number of carbonyl (C=O) groups is 1. The molecule has 1 unspecified atom stereocenters. The van der Waals surface area contributed by atoms with E-state index < -0.39 is 5.56 Å². The SMILES string of the molecule is CCCCCCCCCCCCCC(=O)OCCC(CO)Cn1cnc2c(=O)[nH]c(N)nc21. The molecule has 0 radical (unpaired) electrons. The van der Waals surface area contributed by atoms with E-state index in [2.05, 4.69) is 21.9 Å². The number of aromatic amines is 1. The van der Waals surface area contributed by atoms with Crippen LogP contribution in [0.25, 0.3) is 11.2 Å². The monoisotopic (exact) mass is 463 g/mol. The molecule has 2 rings (SSSR count). The van der Waals surface area contributed by atoms with Gasteiger partial charge in [-0.25, -0.2) is 4.98 Å². The number of hydrogen-bond acceptors (Lipinski definition) is 7. The van der Waals surface area contributed by atoms with E-state index >= 15 is 0 Å². The molecule has 2 aromatic heterocycles. The molecule has 33 heavy (non-hydrogen) atoms. The molecule has 186 valence electrons. The lowest BCUT2D eigenvalue weighted by molar-refractivity contribution is -0.144. The van der Waals surface area contributed by atoms with Gasteiger partial charge in [0.1, 0.15) is 0 Å². The van der Waals surface area contributed by atoms with E-state index in [9.17, 15) is 14.7 Å². The Morgan fingerprint density at radius 2 is 1.76 bits per heavy atom. The molecule has 0 bridgehead atoms. The van der Waals surface area contributed by atoms with Crippen molar-refractivity contribution in [2.45, 2.75) is 96.9 Å². The quantitative estimate of drug-likeness (QED) is 0.225. The van der Waals surface area contributed by atoms with Crippen LogP contribution >= 0.6 is 0 Å². The molecular formula is C24H41N5O4. The number of nitrogen functional groups attached to an aromatic ring is 1. The summed E-state index contributed by atoms with van der Waals surface area (Å²) >= 11 is 0. The summed E-state index contributed by atoms with van der Waals surface area (Å²) in [6, 6.07) is 0. The van der Waals surface area contributed by atoms with Gasteiger partial charge >= 0.3 is 5.97 Å². The minimum atomic E-state index is -0.395. The fourth-order valence-corrected chi connectivity index (χ4v) is 3.97. The van der Waals surface area contributed by atoms with E-state index in [0.29, 0.717) is 25.0 Å². The lowest BCUT2D eigenvalue weighted by Crippen LogP contribution is -2.19. The summed E-state index contributed by atoms with van der Waals surface area (Å²) in [4.78, 5) is 34.5. The number of anilines is 1. The second-order valence-electron chi connectivity index (χ2n) is 8.86. The molecule has 2 aromatic rings. The average molecular weight is 464 g/mol. The molecule has 0 aliphatic rings. The molecule has 1 atom stereocenters. The van der Waals surface area contributed by atoms with Crippen molar-refractivity contribution in [2.24, 2.45) is 5.92 Å². The molecule has 9 nitrogen and oxygen atoms in total. The topological polar surface area (TPSA) is 136 Å².